The van der Waals surface area contributed by atoms with Crippen molar-refractivity contribution in [3.05, 3.63) is 77.1 Å². The summed E-state index contributed by atoms with van der Waals surface area (Å²) in [6.45, 7) is 0. The summed E-state index contributed by atoms with van der Waals surface area (Å²) in [4.78, 5) is 11.9. The van der Waals surface area contributed by atoms with Crippen molar-refractivity contribution >= 4 is 5.97 Å². The van der Waals surface area contributed by atoms with Crippen molar-refractivity contribution < 1.29 is 14.6 Å². The van der Waals surface area contributed by atoms with E-state index in [2.05, 4.69) is 17.2 Å². The molecule has 4 rings (SSSR count). The number of carbonyl (C=O) groups is 1. The van der Waals surface area contributed by atoms with Gasteiger partial charge in [0.2, 0.25) is 0 Å². The molecular weight excluding hydrogens is 328 g/mol. The Morgan fingerprint density at radius 3 is 2.65 bits per heavy atom. The van der Waals surface area contributed by atoms with Gasteiger partial charge in [0.25, 0.3) is 0 Å². The van der Waals surface area contributed by atoms with Crippen LogP contribution >= 0.6 is 0 Å². The number of methoxy groups -OCH3 is 1. The fraction of sp³-hybridized carbons (Fsp3) is 0.238. The first kappa shape index (κ1) is 16.4. The minimum atomic E-state index is -0.514. The maximum absolute atomic E-state index is 11.9. The predicted molar refractivity (Wildman–Crippen MR) is 97.8 cm³/mol. The third kappa shape index (κ3) is 3.20. The summed E-state index contributed by atoms with van der Waals surface area (Å²) in [6.07, 6.45) is 6.61. The van der Waals surface area contributed by atoms with Crippen molar-refractivity contribution in [1.82, 2.24) is 9.78 Å². The van der Waals surface area contributed by atoms with Crippen LogP contribution in [0.15, 0.2) is 54.9 Å². The van der Waals surface area contributed by atoms with Crippen LogP contribution in [0.3, 0.4) is 0 Å². The molecule has 0 saturated heterocycles. The lowest BCUT2D eigenvalue weighted by molar-refractivity contribution is 0.0597. The fourth-order valence-electron chi connectivity index (χ4n) is 3.26. The molecule has 1 aromatic heterocycles. The van der Waals surface area contributed by atoms with Crippen molar-refractivity contribution in [3.8, 4) is 11.4 Å². The first-order chi connectivity index (χ1) is 12.7. The number of benzene rings is 2. The van der Waals surface area contributed by atoms with E-state index in [1.807, 2.05) is 29.1 Å². The van der Waals surface area contributed by atoms with E-state index >= 15 is 0 Å². The zero-order chi connectivity index (χ0) is 18.1. The SMILES string of the molecule is COC(=O)c1cc(Cc2ccc(-n3cccn3)cc2)c(C2CC2)cc1O. The van der Waals surface area contributed by atoms with Crippen LogP contribution in [-0.2, 0) is 11.2 Å². The maximum atomic E-state index is 11.9. The van der Waals surface area contributed by atoms with Gasteiger partial charge in [0.1, 0.15) is 11.3 Å². The highest BCUT2D eigenvalue weighted by Gasteiger charge is 2.28. The summed E-state index contributed by atoms with van der Waals surface area (Å²) >= 11 is 0. The monoisotopic (exact) mass is 348 g/mol. The quantitative estimate of drug-likeness (QED) is 0.712. The fourth-order valence-corrected chi connectivity index (χ4v) is 3.26. The number of aromatic nitrogens is 2. The smallest absolute Gasteiger partial charge is 0.341 e. The van der Waals surface area contributed by atoms with Gasteiger partial charge in [-0.15, -0.1) is 0 Å². The average Bonchev–Trinajstić information content (AvgIpc) is 3.36. The molecule has 1 N–H and O–H groups in total. The number of phenolic OH excluding ortho intramolecular Hbond substituents is 1. The molecule has 0 bridgehead atoms. The number of nitrogens with zero attached hydrogens (tertiary/aromatic N) is 2. The highest BCUT2D eigenvalue weighted by molar-refractivity contribution is 5.92. The lowest BCUT2D eigenvalue weighted by Crippen LogP contribution is -2.05. The second kappa shape index (κ2) is 6.67. The van der Waals surface area contributed by atoms with E-state index < -0.39 is 5.97 Å². The Morgan fingerprint density at radius 2 is 2.04 bits per heavy atom. The van der Waals surface area contributed by atoms with E-state index in [9.17, 15) is 9.90 Å². The second-order valence-corrected chi connectivity index (χ2v) is 6.63. The Morgan fingerprint density at radius 1 is 1.27 bits per heavy atom. The van der Waals surface area contributed by atoms with Gasteiger partial charge in [-0.3, -0.25) is 0 Å². The van der Waals surface area contributed by atoms with Crippen LogP contribution in [-0.4, -0.2) is 28.0 Å². The lowest BCUT2D eigenvalue weighted by Gasteiger charge is -2.13. The normalized spacial score (nSPS) is 13.6. The Balaban J connectivity index is 1.65. The largest absolute Gasteiger partial charge is 0.507 e. The van der Waals surface area contributed by atoms with E-state index in [1.165, 1.54) is 7.11 Å². The van der Waals surface area contributed by atoms with Gasteiger partial charge < -0.3 is 9.84 Å². The number of esters is 1. The van der Waals surface area contributed by atoms with Gasteiger partial charge in [-0.25, -0.2) is 9.48 Å². The Bertz CT molecular complexity index is 927. The zero-order valence-corrected chi connectivity index (χ0v) is 14.6. The van der Waals surface area contributed by atoms with Crippen LogP contribution in [0.2, 0.25) is 0 Å². The number of hydrogen-bond donors (Lipinski definition) is 1. The maximum Gasteiger partial charge on any atom is 0.341 e. The third-order valence-electron chi connectivity index (χ3n) is 4.78. The molecule has 132 valence electrons. The van der Waals surface area contributed by atoms with Crippen LogP contribution in [0.5, 0.6) is 5.75 Å². The van der Waals surface area contributed by atoms with Crippen molar-refractivity contribution in [3.63, 3.8) is 0 Å². The molecule has 1 aliphatic rings. The minimum Gasteiger partial charge on any atom is -0.507 e. The molecular formula is C21H20N2O3. The standard InChI is InChI=1S/C21H20N2O3/c1-26-21(25)19-12-16(18(13-20(19)24)15-5-6-15)11-14-3-7-17(8-4-14)23-10-2-9-22-23/h2-4,7-10,12-13,15,24H,5-6,11H2,1H3. The van der Waals surface area contributed by atoms with Crippen molar-refractivity contribution in [2.24, 2.45) is 0 Å². The highest BCUT2D eigenvalue weighted by atomic mass is 16.5. The van der Waals surface area contributed by atoms with Gasteiger partial charge in [0.05, 0.1) is 12.8 Å². The number of phenols is 1. The first-order valence-electron chi connectivity index (χ1n) is 8.69. The minimum absolute atomic E-state index is 0.00321. The van der Waals surface area contributed by atoms with Crippen molar-refractivity contribution in [1.29, 1.82) is 0 Å². The predicted octanol–water partition coefficient (Wildman–Crippen LogP) is 3.83. The van der Waals surface area contributed by atoms with Gasteiger partial charge in [-0.1, -0.05) is 12.1 Å². The Labute approximate surface area is 151 Å². The van der Waals surface area contributed by atoms with E-state index in [0.717, 1.165) is 35.2 Å². The van der Waals surface area contributed by atoms with E-state index in [1.54, 1.807) is 18.3 Å². The summed E-state index contributed by atoms with van der Waals surface area (Å²) in [5, 5.41) is 14.4. The molecule has 1 saturated carbocycles. The number of aromatic hydroxyl groups is 1. The van der Waals surface area contributed by atoms with E-state index in [0.29, 0.717) is 12.3 Å². The molecule has 5 heteroatoms. The summed E-state index contributed by atoms with van der Waals surface area (Å²) in [5.74, 6) is -0.0393. The van der Waals surface area contributed by atoms with Gasteiger partial charge in [0.15, 0.2) is 0 Å². The van der Waals surface area contributed by atoms with E-state index in [-0.39, 0.29) is 11.3 Å². The zero-order valence-electron chi connectivity index (χ0n) is 14.6. The molecule has 0 aliphatic heterocycles. The second-order valence-electron chi connectivity index (χ2n) is 6.63. The molecule has 26 heavy (non-hydrogen) atoms. The molecule has 3 aromatic rings. The van der Waals surface area contributed by atoms with Gasteiger partial charge in [-0.2, -0.15) is 5.10 Å². The number of ether oxygens (including phenoxy) is 1. The molecule has 1 aliphatic carbocycles. The molecule has 1 fully saturated rings. The average molecular weight is 348 g/mol. The van der Waals surface area contributed by atoms with Gasteiger partial charge in [0, 0.05) is 12.4 Å². The lowest BCUT2D eigenvalue weighted by atomic mass is 9.94. The summed E-state index contributed by atoms with van der Waals surface area (Å²) in [6, 6.07) is 13.6. The molecule has 0 atom stereocenters. The molecule has 1 heterocycles. The van der Waals surface area contributed by atoms with Gasteiger partial charge >= 0.3 is 5.97 Å². The molecule has 2 aromatic carbocycles. The Kier molecular flexibility index (Phi) is 4.21. The van der Waals surface area contributed by atoms with Crippen LogP contribution in [0, 0.1) is 0 Å². The Hall–Kier alpha value is -3.08. The molecule has 0 radical (unpaired) electrons. The number of hydrogen-bond acceptors (Lipinski definition) is 4. The molecule has 0 unspecified atom stereocenters. The topological polar surface area (TPSA) is 64.4 Å². The summed E-state index contributed by atoms with van der Waals surface area (Å²) < 4.78 is 6.60. The number of carbonyl (C=O) groups excluding carboxylic acids is 1. The van der Waals surface area contributed by atoms with Crippen LogP contribution < -0.4 is 0 Å². The van der Waals surface area contributed by atoms with Crippen LogP contribution in [0.25, 0.3) is 5.69 Å². The summed E-state index contributed by atoms with van der Waals surface area (Å²) in [7, 11) is 1.32. The summed E-state index contributed by atoms with van der Waals surface area (Å²) in [5.41, 5.74) is 4.57. The molecule has 0 amide bonds. The number of rotatable bonds is 5. The van der Waals surface area contributed by atoms with Gasteiger partial charge in [-0.05, 0) is 72.2 Å². The van der Waals surface area contributed by atoms with Crippen molar-refractivity contribution in [2.75, 3.05) is 7.11 Å². The molecule has 5 nitrogen and oxygen atoms in total. The molecule has 0 spiro atoms. The van der Waals surface area contributed by atoms with Crippen molar-refractivity contribution in [2.45, 2.75) is 25.2 Å². The highest BCUT2D eigenvalue weighted by Crippen LogP contribution is 2.44. The first-order valence-corrected chi connectivity index (χ1v) is 8.69. The van der Waals surface area contributed by atoms with Crippen LogP contribution in [0.1, 0.15) is 45.8 Å². The third-order valence-corrected chi connectivity index (χ3v) is 4.78. The van der Waals surface area contributed by atoms with Crippen LogP contribution in [0.4, 0.5) is 0 Å². The van der Waals surface area contributed by atoms with E-state index in [4.69, 9.17) is 4.74 Å².